The van der Waals surface area contributed by atoms with E-state index in [9.17, 15) is 10.1 Å². The highest BCUT2D eigenvalue weighted by atomic mass is 35.5. The molecule has 110 valence electrons. The molecule has 1 amide bonds. The Kier molecular flexibility index (Phi) is 5.67. The first-order valence-corrected chi connectivity index (χ1v) is 7.73. The molecule has 1 aliphatic rings. The highest BCUT2D eigenvalue weighted by Gasteiger charge is 2.18. The van der Waals surface area contributed by atoms with Crippen molar-refractivity contribution in [2.45, 2.75) is 38.1 Å². The zero-order chi connectivity index (χ0) is 15.2. The van der Waals surface area contributed by atoms with Crippen molar-refractivity contribution in [2.24, 2.45) is 0 Å². The minimum atomic E-state index is -0.324. The minimum Gasteiger partial charge on any atom is -0.349 e. The molecule has 5 heteroatoms. The van der Waals surface area contributed by atoms with Gasteiger partial charge in [0, 0.05) is 6.04 Å². The van der Waals surface area contributed by atoms with Gasteiger partial charge in [0.1, 0.15) is 11.6 Å². The first kappa shape index (κ1) is 15.9. The largest absolute Gasteiger partial charge is 0.349 e. The molecule has 1 saturated carbocycles. The summed E-state index contributed by atoms with van der Waals surface area (Å²) in [7, 11) is 0. The molecule has 1 N–H and O–H groups in total. The van der Waals surface area contributed by atoms with Crippen LogP contribution in [-0.4, -0.2) is 11.9 Å². The standard InChI is InChI=1S/C16H16Cl2N2O/c17-14-7-6-11(9-15(14)18)8-12(10-19)16(21)20-13-4-2-1-3-5-13/h6-9,13H,1-5H2,(H,20,21)/b12-8+. The summed E-state index contributed by atoms with van der Waals surface area (Å²) >= 11 is 11.8. The van der Waals surface area contributed by atoms with Gasteiger partial charge in [-0.05, 0) is 36.6 Å². The van der Waals surface area contributed by atoms with Crippen LogP contribution in [0, 0.1) is 11.3 Å². The number of carbonyl (C=O) groups excluding carboxylic acids is 1. The quantitative estimate of drug-likeness (QED) is 0.664. The maximum Gasteiger partial charge on any atom is 0.262 e. The number of rotatable bonds is 3. The number of amides is 1. The van der Waals surface area contributed by atoms with Gasteiger partial charge < -0.3 is 5.32 Å². The number of hydrogen-bond acceptors (Lipinski definition) is 2. The van der Waals surface area contributed by atoms with Gasteiger partial charge in [0.05, 0.1) is 10.0 Å². The van der Waals surface area contributed by atoms with Crippen LogP contribution in [0.5, 0.6) is 0 Å². The van der Waals surface area contributed by atoms with Gasteiger partial charge >= 0.3 is 0 Å². The summed E-state index contributed by atoms with van der Waals surface area (Å²) in [5, 5.41) is 12.9. The second-order valence-electron chi connectivity index (χ2n) is 5.15. The zero-order valence-electron chi connectivity index (χ0n) is 11.5. The van der Waals surface area contributed by atoms with Crippen LogP contribution in [0.4, 0.5) is 0 Å². The Labute approximate surface area is 134 Å². The molecule has 0 aliphatic heterocycles. The highest BCUT2D eigenvalue weighted by Crippen LogP contribution is 2.24. The lowest BCUT2D eigenvalue weighted by Gasteiger charge is -2.22. The van der Waals surface area contributed by atoms with Gasteiger partial charge in [0.2, 0.25) is 0 Å². The number of nitrogens with zero attached hydrogens (tertiary/aromatic N) is 1. The second-order valence-corrected chi connectivity index (χ2v) is 5.97. The van der Waals surface area contributed by atoms with Crippen molar-refractivity contribution in [1.29, 1.82) is 5.26 Å². The fourth-order valence-corrected chi connectivity index (χ4v) is 2.73. The maximum absolute atomic E-state index is 12.1. The lowest BCUT2D eigenvalue weighted by Crippen LogP contribution is -2.36. The third-order valence-electron chi connectivity index (χ3n) is 3.56. The van der Waals surface area contributed by atoms with Crippen molar-refractivity contribution in [3.8, 4) is 6.07 Å². The van der Waals surface area contributed by atoms with Crippen molar-refractivity contribution in [1.82, 2.24) is 5.32 Å². The lowest BCUT2D eigenvalue weighted by molar-refractivity contribution is -0.117. The zero-order valence-corrected chi connectivity index (χ0v) is 13.0. The van der Waals surface area contributed by atoms with Gasteiger partial charge in [-0.3, -0.25) is 4.79 Å². The van der Waals surface area contributed by atoms with Gasteiger partial charge in [0.25, 0.3) is 5.91 Å². The molecule has 1 aromatic rings. The average molecular weight is 323 g/mol. The van der Waals surface area contributed by atoms with Crippen LogP contribution in [0.25, 0.3) is 6.08 Å². The normalized spacial score (nSPS) is 16.3. The number of hydrogen-bond donors (Lipinski definition) is 1. The van der Waals surface area contributed by atoms with E-state index in [1.807, 2.05) is 6.07 Å². The van der Waals surface area contributed by atoms with Gasteiger partial charge in [0.15, 0.2) is 0 Å². The van der Waals surface area contributed by atoms with E-state index < -0.39 is 0 Å². The third-order valence-corrected chi connectivity index (χ3v) is 4.30. The molecule has 1 aromatic carbocycles. The van der Waals surface area contributed by atoms with Crippen LogP contribution in [0.3, 0.4) is 0 Å². The molecule has 0 heterocycles. The van der Waals surface area contributed by atoms with E-state index in [1.54, 1.807) is 18.2 Å². The molecule has 0 radical (unpaired) electrons. The van der Waals surface area contributed by atoms with E-state index in [0.29, 0.717) is 15.6 Å². The Morgan fingerprint density at radius 2 is 1.95 bits per heavy atom. The van der Waals surface area contributed by atoms with E-state index in [0.717, 1.165) is 25.7 Å². The summed E-state index contributed by atoms with van der Waals surface area (Å²) in [4.78, 5) is 12.1. The Hall–Kier alpha value is -1.50. The molecule has 2 rings (SSSR count). The molecule has 0 atom stereocenters. The second kappa shape index (κ2) is 7.49. The Bertz CT molecular complexity index is 599. The molecule has 3 nitrogen and oxygen atoms in total. The van der Waals surface area contributed by atoms with Crippen LogP contribution < -0.4 is 5.32 Å². The number of benzene rings is 1. The first-order chi connectivity index (χ1) is 10.1. The molecule has 0 unspecified atom stereocenters. The van der Waals surface area contributed by atoms with Crippen LogP contribution in [0.15, 0.2) is 23.8 Å². The first-order valence-electron chi connectivity index (χ1n) is 6.98. The summed E-state index contributed by atoms with van der Waals surface area (Å²) in [6.45, 7) is 0. The highest BCUT2D eigenvalue weighted by molar-refractivity contribution is 6.42. The molecule has 1 fully saturated rings. The molecule has 21 heavy (non-hydrogen) atoms. The molecule has 0 saturated heterocycles. The molecule has 1 aliphatic carbocycles. The van der Waals surface area contributed by atoms with Gasteiger partial charge in [-0.2, -0.15) is 5.26 Å². The SMILES string of the molecule is N#C/C(=C\c1ccc(Cl)c(Cl)c1)C(=O)NC1CCCCC1. The van der Waals surface area contributed by atoms with Crippen LogP contribution in [0.2, 0.25) is 10.0 Å². The van der Waals surface area contributed by atoms with E-state index in [1.165, 1.54) is 12.5 Å². The minimum absolute atomic E-state index is 0.0824. The summed E-state index contributed by atoms with van der Waals surface area (Å²) in [5.74, 6) is -0.324. The van der Waals surface area contributed by atoms with Gasteiger partial charge in [-0.25, -0.2) is 0 Å². The van der Waals surface area contributed by atoms with Crippen molar-refractivity contribution in [3.63, 3.8) is 0 Å². The van der Waals surface area contributed by atoms with Crippen molar-refractivity contribution < 1.29 is 4.79 Å². The fraction of sp³-hybridized carbons (Fsp3) is 0.375. The van der Waals surface area contributed by atoms with Crippen molar-refractivity contribution in [2.75, 3.05) is 0 Å². The summed E-state index contributed by atoms with van der Waals surface area (Å²) in [5.41, 5.74) is 0.763. The monoisotopic (exact) mass is 322 g/mol. The van der Waals surface area contributed by atoms with Crippen molar-refractivity contribution in [3.05, 3.63) is 39.4 Å². The molecule has 0 aromatic heterocycles. The molecular weight excluding hydrogens is 307 g/mol. The number of halogens is 2. The maximum atomic E-state index is 12.1. The van der Waals surface area contributed by atoms with E-state index >= 15 is 0 Å². The van der Waals surface area contributed by atoms with Gasteiger partial charge in [-0.15, -0.1) is 0 Å². The predicted octanol–water partition coefficient (Wildman–Crippen LogP) is 4.35. The lowest BCUT2D eigenvalue weighted by atomic mass is 9.95. The fourth-order valence-electron chi connectivity index (χ4n) is 2.43. The summed E-state index contributed by atoms with van der Waals surface area (Å²) in [6.07, 6.45) is 6.97. The molecule has 0 spiro atoms. The Morgan fingerprint density at radius 3 is 2.57 bits per heavy atom. The smallest absolute Gasteiger partial charge is 0.262 e. The number of carbonyl (C=O) groups is 1. The summed E-state index contributed by atoms with van der Waals surface area (Å²) in [6, 6.07) is 7.12. The number of nitrogens with one attached hydrogen (secondary N) is 1. The molecular formula is C16H16Cl2N2O. The van der Waals surface area contributed by atoms with E-state index in [2.05, 4.69) is 5.32 Å². The van der Waals surface area contributed by atoms with Crippen LogP contribution in [0.1, 0.15) is 37.7 Å². The van der Waals surface area contributed by atoms with Gasteiger partial charge in [-0.1, -0.05) is 48.5 Å². The Morgan fingerprint density at radius 1 is 1.24 bits per heavy atom. The van der Waals surface area contributed by atoms with Crippen LogP contribution in [-0.2, 0) is 4.79 Å². The van der Waals surface area contributed by atoms with E-state index in [-0.39, 0.29) is 17.5 Å². The third kappa shape index (κ3) is 4.49. The van der Waals surface area contributed by atoms with Crippen LogP contribution >= 0.6 is 23.2 Å². The summed E-state index contributed by atoms with van der Waals surface area (Å²) < 4.78 is 0. The predicted molar refractivity (Wildman–Crippen MR) is 85.1 cm³/mol. The average Bonchev–Trinajstić information content (AvgIpc) is 2.49. The Balaban J connectivity index is 2.10. The van der Waals surface area contributed by atoms with E-state index in [4.69, 9.17) is 23.2 Å². The molecule has 0 bridgehead atoms. The van der Waals surface area contributed by atoms with Crippen molar-refractivity contribution >= 4 is 35.2 Å². The number of nitriles is 1. The topological polar surface area (TPSA) is 52.9 Å².